The van der Waals surface area contributed by atoms with Crippen LogP contribution in [0.15, 0.2) is 76.4 Å². The van der Waals surface area contributed by atoms with Crippen molar-refractivity contribution in [2.45, 2.75) is 147 Å². The largest absolute Gasteiger partial charge is 0.509 e. The fraction of sp³-hybridized carbons (Fsp3) is 0.649. The Morgan fingerprint density at radius 3 is 2.57 bits per heavy atom. The molecule has 3 saturated heterocycles. The van der Waals surface area contributed by atoms with E-state index < -0.39 is 16.4 Å². The molecule has 342 valence electrons. The zero-order chi connectivity index (χ0) is 43.6. The maximum absolute atomic E-state index is 16.2. The van der Waals surface area contributed by atoms with Crippen LogP contribution in [0.3, 0.4) is 0 Å². The number of nitrogens with two attached hydrogens (primary N) is 1. The summed E-state index contributed by atoms with van der Waals surface area (Å²) in [5.74, 6) is 3.30. The summed E-state index contributed by atoms with van der Waals surface area (Å²) in [6.45, 7) is 6.40. The van der Waals surface area contributed by atoms with E-state index in [4.69, 9.17) is 15.2 Å². The maximum Gasteiger partial charge on any atom is 0.339 e. The zero-order valence-corrected chi connectivity index (χ0v) is 38.6. The quantitative estimate of drug-likeness (QED) is 0.231. The number of esters is 2. The van der Waals surface area contributed by atoms with Gasteiger partial charge in [0.15, 0.2) is 11.4 Å². The highest BCUT2D eigenvalue weighted by Crippen LogP contribution is 2.87. The predicted octanol–water partition coefficient (Wildman–Crippen LogP) is 9.86. The Balaban J connectivity index is 1.07. The van der Waals surface area contributed by atoms with Gasteiger partial charge in [-0.2, -0.15) is 0 Å². The fourth-order valence-electron chi connectivity index (χ4n) is 19.2. The second kappa shape index (κ2) is 14.3. The molecule has 8 heteroatoms. The van der Waals surface area contributed by atoms with Crippen LogP contribution in [0.2, 0.25) is 0 Å². The first-order valence-corrected chi connectivity index (χ1v) is 26.5. The van der Waals surface area contributed by atoms with E-state index in [0.717, 1.165) is 82.1 Å². The minimum absolute atomic E-state index is 0.176. The van der Waals surface area contributed by atoms with Crippen LogP contribution in [0.25, 0.3) is 0 Å². The smallest absolute Gasteiger partial charge is 0.339 e. The van der Waals surface area contributed by atoms with Crippen LogP contribution in [0.4, 0.5) is 0 Å². The average Bonchev–Trinajstić information content (AvgIpc) is 4.01. The summed E-state index contributed by atoms with van der Waals surface area (Å²) in [4.78, 5) is 37.0. The summed E-state index contributed by atoms with van der Waals surface area (Å²) in [5.41, 5.74) is 14.6. The molecule has 9 heterocycles. The number of aliphatic hydroxyl groups excluding tert-OH is 1. The van der Waals surface area contributed by atoms with E-state index in [9.17, 15) is 9.90 Å². The van der Waals surface area contributed by atoms with Gasteiger partial charge in [0.2, 0.25) is 0 Å². The first kappa shape index (κ1) is 40.2. The number of aliphatic hydroxyl groups is 1. The number of hydrogen-bond donors (Lipinski definition) is 2. The lowest BCUT2D eigenvalue weighted by atomic mass is 9.28. The second-order valence-corrected chi connectivity index (χ2v) is 23.6. The number of nitrogens with zero attached hydrogens (tertiary/aromatic N) is 2. The molecule has 17 rings (SSSR count). The third-order valence-electron chi connectivity index (χ3n) is 21.0. The molecule has 0 aromatic heterocycles. The summed E-state index contributed by atoms with van der Waals surface area (Å²) in [6, 6.07) is 16.5. The predicted molar refractivity (Wildman–Crippen MR) is 248 cm³/mol. The Bertz CT molecular complexity index is 2500. The summed E-state index contributed by atoms with van der Waals surface area (Å²) < 4.78 is 14.3. The van der Waals surface area contributed by atoms with Crippen molar-refractivity contribution in [3.63, 3.8) is 0 Å². The van der Waals surface area contributed by atoms with Gasteiger partial charge in [-0.05, 0) is 155 Å². The molecule has 3 N–H and O–H groups in total. The molecule has 9 aliphatic heterocycles. The molecule has 13 unspecified atom stereocenters. The molecule has 5 fully saturated rings. The molecule has 65 heavy (non-hydrogen) atoms. The van der Waals surface area contributed by atoms with Gasteiger partial charge in [-0.15, -0.1) is 0 Å². The van der Waals surface area contributed by atoms with Gasteiger partial charge < -0.3 is 25.2 Å². The molecule has 2 saturated carbocycles. The summed E-state index contributed by atoms with van der Waals surface area (Å²) >= 11 is 0. The standard InChI is InChI=1S/C57H69N3O5/c1-32-23-38-18-19-44-40-26-35-29-59(31-40)45(36-12-3-4-13-36)28-46(61)52-55-21-20-41-43-27-39(48(32)50(41)51(38)60(44)30-35)25-34-11-6-10-33(24-34)9-2-5-17-47(56(43,55)54(63)64-52)57(55)42-16-7-14-37(15-8-22-58)49(42)53(62)65-57/h6-7,10-11,14,16,24,32,35-36,39-40,44-45,47-48,50,61H,2-5,8-9,12-13,15,17-23,25-31,58H2,1H3. The Hall–Kier alpha value is -3.88. The Labute approximate surface area is 385 Å². The molecule has 6 aliphatic carbocycles. The Kier molecular flexibility index (Phi) is 8.86. The number of fused-ring (bicyclic) bond motifs is 7. The number of allylic oxidation sites excluding steroid dienone is 2. The second-order valence-electron chi connectivity index (χ2n) is 23.6. The number of aryl methyl sites for hydroxylation is 2. The average molecular weight is 876 g/mol. The van der Waals surface area contributed by atoms with E-state index in [1.165, 1.54) is 73.6 Å². The van der Waals surface area contributed by atoms with Crippen molar-refractivity contribution in [3.8, 4) is 0 Å². The molecule has 0 amide bonds. The molecule has 8 nitrogen and oxygen atoms in total. The lowest BCUT2D eigenvalue weighted by Crippen LogP contribution is -2.77. The van der Waals surface area contributed by atoms with Crippen molar-refractivity contribution in [2.75, 3.05) is 26.2 Å². The van der Waals surface area contributed by atoms with Gasteiger partial charge in [-0.1, -0.05) is 85.4 Å². The molecule has 3 spiro atoms. The van der Waals surface area contributed by atoms with E-state index in [0.29, 0.717) is 78.7 Å². The minimum Gasteiger partial charge on any atom is -0.509 e. The molecule has 2 aromatic rings. The van der Waals surface area contributed by atoms with E-state index >= 15 is 4.79 Å². The number of carbonyl (C=O) groups is 2. The highest BCUT2D eigenvalue weighted by molar-refractivity contribution is 6.00. The van der Waals surface area contributed by atoms with Crippen LogP contribution in [0.5, 0.6) is 0 Å². The van der Waals surface area contributed by atoms with Crippen molar-refractivity contribution in [2.24, 2.45) is 63.9 Å². The fourth-order valence-corrected chi connectivity index (χ4v) is 19.2. The SMILES string of the molecule is CC1CC2=C3C4C5=C6CC(Cc7cccc(c7)CCCCC7C68C(=O)OC(=C(O)CC(C6CCCC6)N6CC9CC(C6)C(CC2)N3C9)C8(CC5)C72OC(=O)c3c(CCCN)cccc32)C14. The minimum atomic E-state index is -1.13. The Morgan fingerprint density at radius 1 is 0.846 bits per heavy atom. The summed E-state index contributed by atoms with van der Waals surface area (Å²) in [6.07, 6.45) is 18.7. The highest BCUT2D eigenvalue weighted by Gasteiger charge is 2.93. The van der Waals surface area contributed by atoms with Crippen LogP contribution >= 0.6 is 0 Å². The number of rotatable bonds is 4. The van der Waals surface area contributed by atoms with Crippen LogP contribution in [-0.2, 0) is 39.1 Å². The van der Waals surface area contributed by atoms with Crippen LogP contribution in [0, 0.1) is 58.2 Å². The normalized spacial score (nSPS) is 42.2. The van der Waals surface area contributed by atoms with Crippen LogP contribution in [0.1, 0.15) is 142 Å². The van der Waals surface area contributed by atoms with Gasteiger partial charge in [-0.3, -0.25) is 9.69 Å². The molecular formula is C57H69N3O5. The van der Waals surface area contributed by atoms with Gasteiger partial charge in [0.05, 0.1) is 11.0 Å². The van der Waals surface area contributed by atoms with E-state index in [1.807, 2.05) is 0 Å². The lowest BCUT2D eigenvalue weighted by molar-refractivity contribution is -0.279. The number of benzene rings is 2. The number of carbonyl (C=O) groups excluding carboxylic acids is 2. The van der Waals surface area contributed by atoms with Crippen LogP contribution < -0.4 is 5.73 Å². The van der Waals surface area contributed by atoms with E-state index in [1.54, 1.807) is 11.3 Å². The molecule has 15 bridgehead atoms. The molecule has 13 atom stereocenters. The number of ether oxygens (including phenoxy) is 2. The first-order valence-electron chi connectivity index (χ1n) is 26.5. The topological polar surface area (TPSA) is 105 Å². The third kappa shape index (κ3) is 5.07. The maximum atomic E-state index is 16.2. The molecule has 0 radical (unpaired) electrons. The van der Waals surface area contributed by atoms with Crippen molar-refractivity contribution < 1.29 is 24.2 Å². The summed E-state index contributed by atoms with van der Waals surface area (Å²) in [7, 11) is 0. The van der Waals surface area contributed by atoms with Gasteiger partial charge in [0.25, 0.3) is 0 Å². The highest BCUT2D eigenvalue weighted by atomic mass is 16.6. The molecule has 2 aromatic carbocycles. The zero-order valence-electron chi connectivity index (χ0n) is 38.6. The van der Waals surface area contributed by atoms with Crippen LogP contribution in [-0.4, -0.2) is 65.1 Å². The van der Waals surface area contributed by atoms with Crippen molar-refractivity contribution in [1.82, 2.24) is 9.80 Å². The lowest BCUT2D eigenvalue weighted by Gasteiger charge is -2.72. The van der Waals surface area contributed by atoms with E-state index in [2.05, 4.69) is 59.2 Å². The third-order valence-corrected chi connectivity index (χ3v) is 21.0. The van der Waals surface area contributed by atoms with Crippen molar-refractivity contribution >= 4 is 11.9 Å². The van der Waals surface area contributed by atoms with Gasteiger partial charge in [0.1, 0.15) is 11.2 Å². The summed E-state index contributed by atoms with van der Waals surface area (Å²) in [5, 5.41) is 13.4. The van der Waals surface area contributed by atoms with Crippen molar-refractivity contribution in [1.29, 1.82) is 0 Å². The monoisotopic (exact) mass is 876 g/mol. The number of piperidine rings is 2. The molecular weight excluding hydrogens is 807 g/mol. The first-order chi connectivity index (χ1) is 31.8. The van der Waals surface area contributed by atoms with Gasteiger partial charge >= 0.3 is 11.9 Å². The van der Waals surface area contributed by atoms with Crippen molar-refractivity contribution in [3.05, 3.63) is 104 Å². The molecule has 15 aliphatic rings. The van der Waals surface area contributed by atoms with E-state index in [-0.39, 0.29) is 35.6 Å². The number of hydrogen-bond acceptors (Lipinski definition) is 8. The Morgan fingerprint density at radius 2 is 1.69 bits per heavy atom. The van der Waals surface area contributed by atoms with Gasteiger partial charge in [0, 0.05) is 61.2 Å². The van der Waals surface area contributed by atoms with Gasteiger partial charge in [-0.25, -0.2) is 4.79 Å².